The molecule has 0 saturated heterocycles. The summed E-state index contributed by atoms with van der Waals surface area (Å²) in [5, 5.41) is 10.2. The molecule has 6 heteroatoms. The zero-order chi connectivity index (χ0) is 16.4. The molecule has 1 aromatic heterocycles. The molecule has 1 aromatic carbocycles. The molecule has 0 aliphatic carbocycles. The molecule has 116 valence electrons. The monoisotopic (exact) mass is 301 g/mol. The molecule has 0 atom stereocenters. The Morgan fingerprint density at radius 1 is 1.14 bits per heavy atom. The molecular weight excluding hydrogens is 282 g/mol. The minimum Gasteiger partial charge on any atom is -0.494 e. The van der Waals surface area contributed by atoms with E-state index in [9.17, 15) is 14.7 Å². The SMILES string of the molecule is CCC(=Nc1ccc(C)cc1)c1c(O)n(C)c(=O)n(C)c1=O. The number of aromatic hydroxyl groups is 1. The van der Waals surface area contributed by atoms with Crippen LogP contribution in [0.4, 0.5) is 5.69 Å². The number of hydrogen-bond acceptors (Lipinski definition) is 4. The van der Waals surface area contributed by atoms with E-state index in [4.69, 9.17) is 0 Å². The maximum atomic E-state index is 12.3. The van der Waals surface area contributed by atoms with E-state index < -0.39 is 11.2 Å². The van der Waals surface area contributed by atoms with Crippen molar-refractivity contribution in [3.8, 4) is 5.88 Å². The summed E-state index contributed by atoms with van der Waals surface area (Å²) in [4.78, 5) is 28.6. The first-order chi connectivity index (χ1) is 10.4. The Morgan fingerprint density at radius 2 is 1.73 bits per heavy atom. The van der Waals surface area contributed by atoms with Crippen LogP contribution in [0.1, 0.15) is 24.5 Å². The van der Waals surface area contributed by atoms with Gasteiger partial charge in [0.15, 0.2) is 0 Å². The van der Waals surface area contributed by atoms with Crippen LogP contribution >= 0.6 is 0 Å². The predicted molar refractivity (Wildman–Crippen MR) is 86.3 cm³/mol. The molecule has 0 bridgehead atoms. The third-order valence-corrected chi connectivity index (χ3v) is 3.56. The molecule has 0 amide bonds. The van der Waals surface area contributed by atoms with Gasteiger partial charge in [0.1, 0.15) is 5.56 Å². The van der Waals surface area contributed by atoms with Gasteiger partial charge in [0.05, 0.1) is 11.4 Å². The molecule has 1 heterocycles. The van der Waals surface area contributed by atoms with Crippen molar-refractivity contribution < 1.29 is 5.11 Å². The molecule has 0 aliphatic rings. The minimum absolute atomic E-state index is 0.0627. The van der Waals surface area contributed by atoms with Crippen LogP contribution in [-0.2, 0) is 14.1 Å². The number of nitrogens with zero attached hydrogens (tertiary/aromatic N) is 3. The maximum Gasteiger partial charge on any atom is 0.333 e. The molecule has 2 rings (SSSR count). The number of benzene rings is 1. The van der Waals surface area contributed by atoms with Gasteiger partial charge in [-0.15, -0.1) is 0 Å². The topological polar surface area (TPSA) is 76.6 Å². The molecule has 0 fully saturated rings. The second-order valence-corrected chi connectivity index (χ2v) is 5.15. The van der Waals surface area contributed by atoms with Gasteiger partial charge in [-0.1, -0.05) is 24.6 Å². The Morgan fingerprint density at radius 3 is 2.27 bits per heavy atom. The van der Waals surface area contributed by atoms with E-state index in [1.54, 1.807) is 0 Å². The van der Waals surface area contributed by atoms with Crippen molar-refractivity contribution in [1.29, 1.82) is 0 Å². The fraction of sp³-hybridized carbons (Fsp3) is 0.312. The Hall–Kier alpha value is -2.63. The molecular formula is C16H19N3O3. The van der Waals surface area contributed by atoms with E-state index in [-0.39, 0.29) is 11.4 Å². The smallest absolute Gasteiger partial charge is 0.333 e. The second-order valence-electron chi connectivity index (χ2n) is 5.15. The largest absolute Gasteiger partial charge is 0.494 e. The van der Waals surface area contributed by atoms with E-state index >= 15 is 0 Å². The highest BCUT2D eigenvalue weighted by Crippen LogP contribution is 2.18. The lowest BCUT2D eigenvalue weighted by Crippen LogP contribution is -2.40. The number of hydrogen-bond donors (Lipinski definition) is 1. The molecule has 0 radical (unpaired) electrons. The van der Waals surface area contributed by atoms with E-state index in [1.165, 1.54) is 14.1 Å². The van der Waals surface area contributed by atoms with Crippen LogP contribution in [0.3, 0.4) is 0 Å². The summed E-state index contributed by atoms with van der Waals surface area (Å²) in [6.45, 7) is 3.82. The summed E-state index contributed by atoms with van der Waals surface area (Å²) in [6, 6.07) is 7.53. The predicted octanol–water partition coefficient (Wildman–Crippen LogP) is 1.63. The standard InChI is InChI=1S/C16H19N3O3/c1-5-12(17-11-8-6-10(2)7-9-11)13-14(20)18(3)16(22)19(4)15(13)21/h6-9,20H,5H2,1-4H3. The van der Waals surface area contributed by atoms with Gasteiger partial charge in [0, 0.05) is 14.1 Å². The van der Waals surface area contributed by atoms with Gasteiger partial charge in [0.25, 0.3) is 5.56 Å². The van der Waals surface area contributed by atoms with Crippen LogP contribution in [0.2, 0.25) is 0 Å². The van der Waals surface area contributed by atoms with Gasteiger partial charge >= 0.3 is 5.69 Å². The molecule has 0 spiro atoms. The summed E-state index contributed by atoms with van der Waals surface area (Å²) in [5.74, 6) is -0.360. The summed E-state index contributed by atoms with van der Waals surface area (Å²) in [6.07, 6.45) is 0.453. The Kier molecular flexibility index (Phi) is 4.30. The molecule has 2 aromatic rings. The highest BCUT2D eigenvalue weighted by molar-refractivity contribution is 6.03. The molecule has 0 unspecified atom stereocenters. The van der Waals surface area contributed by atoms with Gasteiger partial charge in [0.2, 0.25) is 5.88 Å². The van der Waals surface area contributed by atoms with Crippen molar-refractivity contribution in [3.63, 3.8) is 0 Å². The van der Waals surface area contributed by atoms with Crippen molar-refractivity contribution in [1.82, 2.24) is 9.13 Å². The zero-order valence-corrected chi connectivity index (χ0v) is 13.1. The Bertz CT molecular complexity index is 843. The lowest BCUT2D eigenvalue weighted by atomic mass is 10.1. The van der Waals surface area contributed by atoms with Gasteiger partial charge in [-0.25, -0.2) is 4.79 Å². The lowest BCUT2D eigenvalue weighted by Gasteiger charge is -2.11. The van der Waals surface area contributed by atoms with Crippen LogP contribution in [0, 0.1) is 6.92 Å². The average molecular weight is 301 g/mol. The van der Waals surface area contributed by atoms with Gasteiger partial charge in [-0.3, -0.25) is 18.9 Å². The van der Waals surface area contributed by atoms with Crippen molar-refractivity contribution in [3.05, 3.63) is 56.2 Å². The van der Waals surface area contributed by atoms with Crippen LogP contribution < -0.4 is 11.2 Å². The van der Waals surface area contributed by atoms with E-state index in [2.05, 4.69) is 4.99 Å². The molecule has 6 nitrogen and oxygen atoms in total. The fourth-order valence-electron chi connectivity index (χ4n) is 2.17. The molecule has 0 aliphatic heterocycles. The summed E-state index contributed by atoms with van der Waals surface area (Å²) in [7, 11) is 2.80. The highest BCUT2D eigenvalue weighted by Gasteiger charge is 2.18. The third-order valence-electron chi connectivity index (χ3n) is 3.56. The number of aromatic nitrogens is 2. The maximum absolute atomic E-state index is 12.3. The van der Waals surface area contributed by atoms with Crippen molar-refractivity contribution >= 4 is 11.4 Å². The van der Waals surface area contributed by atoms with Crippen LogP contribution in [0.25, 0.3) is 0 Å². The zero-order valence-electron chi connectivity index (χ0n) is 13.1. The van der Waals surface area contributed by atoms with E-state index in [0.717, 1.165) is 14.7 Å². The minimum atomic E-state index is -0.572. The first kappa shape index (κ1) is 15.8. The highest BCUT2D eigenvalue weighted by atomic mass is 16.3. The van der Waals surface area contributed by atoms with Crippen molar-refractivity contribution in [2.45, 2.75) is 20.3 Å². The van der Waals surface area contributed by atoms with Crippen LogP contribution in [-0.4, -0.2) is 20.0 Å². The summed E-state index contributed by atoms with van der Waals surface area (Å²) < 4.78 is 2.01. The summed E-state index contributed by atoms with van der Waals surface area (Å²) >= 11 is 0. The average Bonchev–Trinajstić information content (AvgIpc) is 2.52. The first-order valence-corrected chi connectivity index (χ1v) is 7.00. The van der Waals surface area contributed by atoms with Crippen molar-refractivity contribution in [2.75, 3.05) is 0 Å². The normalized spacial score (nSPS) is 11.7. The van der Waals surface area contributed by atoms with Crippen LogP contribution in [0.5, 0.6) is 5.88 Å². The fourth-order valence-corrected chi connectivity index (χ4v) is 2.17. The van der Waals surface area contributed by atoms with Crippen molar-refractivity contribution in [2.24, 2.45) is 19.1 Å². The van der Waals surface area contributed by atoms with E-state index in [0.29, 0.717) is 17.8 Å². The Labute approximate surface area is 128 Å². The first-order valence-electron chi connectivity index (χ1n) is 7.00. The molecule has 1 N–H and O–H groups in total. The van der Waals surface area contributed by atoms with Gasteiger partial charge in [-0.05, 0) is 25.5 Å². The molecule has 22 heavy (non-hydrogen) atoms. The number of aryl methyl sites for hydroxylation is 1. The quantitative estimate of drug-likeness (QED) is 0.875. The van der Waals surface area contributed by atoms with Crippen LogP contribution in [0.15, 0.2) is 38.8 Å². The van der Waals surface area contributed by atoms with Gasteiger partial charge < -0.3 is 5.11 Å². The van der Waals surface area contributed by atoms with E-state index in [1.807, 2.05) is 38.1 Å². The lowest BCUT2D eigenvalue weighted by molar-refractivity contribution is 0.410. The third kappa shape index (κ3) is 2.72. The molecule has 0 saturated carbocycles. The van der Waals surface area contributed by atoms with Gasteiger partial charge in [-0.2, -0.15) is 0 Å². The Balaban J connectivity index is 2.70. The number of aliphatic imine (C=N–C) groups is 1. The number of rotatable bonds is 3. The summed E-state index contributed by atoms with van der Waals surface area (Å²) in [5.41, 5.74) is 1.19. The second kappa shape index (κ2) is 6.01.